The highest BCUT2D eigenvalue weighted by Crippen LogP contribution is 2.33. The highest BCUT2D eigenvalue weighted by atomic mass is 32.2. The molecule has 12 heteroatoms. The molecule has 168 valence electrons. The van der Waals surface area contributed by atoms with E-state index in [0.29, 0.717) is 27.6 Å². The van der Waals surface area contributed by atoms with Crippen molar-refractivity contribution in [2.24, 2.45) is 5.14 Å². The molecule has 33 heavy (non-hydrogen) atoms. The van der Waals surface area contributed by atoms with Crippen LogP contribution in [0.4, 0.5) is 5.69 Å². The smallest absolute Gasteiger partial charge is 0.265 e. The molecule has 0 radical (unpaired) electrons. The summed E-state index contributed by atoms with van der Waals surface area (Å²) in [6.45, 7) is 0. The molecule has 0 fully saturated rings. The molecular weight excluding hydrogens is 464 g/mol. The zero-order valence-corrected chi connectivity index (χ0v) is 18.7. The number of amides is 1. The van der Waals surface area contributed by atoms with Gasteiger partial charge < -0.3 is 5.32 Å². The summed E-state index contributed by atoms with van der Waals surface area (Å²) in [6, 6.07) is 14.6. The Morgan fingerprint density at radius 2 is 1.88 bits per heavy atom. The van der Waals surface area contributed by atoms with Crippen LogP contribution in [0.2, 0.25) is 0 Å². The van der Waals surface area contributed by atoms with Crippen LogP contribution in [0.3, 0.4) is 0 Å². The number of sulfonamides is 1. The second kappa shape index (κ2) is 8.14. The fourth-order valence-corrected chi connectivity index (χ4v) is 5.34. The van der Waals surface area contributed by atoms with Crippen LogP contribution < -0.4 is 16.0 Å². The number of carbonyl (C=O) groups is 1. The standard InChI is InChI=1S/C21H18N6O4S2/c22-33(30,31)16-8-6-13(7-9-16)24-18(28)10-15-12-32-21-25-19-17(20(29)26(15)21)11-23-27(19)14-4-2-1-3-5-14/h1-9,11,15H,10,12H2,(H,24,28)(H2,22,30,31). The number of thioether (sulfide) groups is 1. The van der Waals surface area contributed by atoms with Crippen LogP contribution in [0.1, 0.15) is 12.5 Å². The molecule has 5 rings (SSSR count). The summed E-state index contributed by atoms with van der Waals surface area (Å²) in [6.07, 6.45) is 1.56. The van der Waals surface area contributed by atoms with E-state index in [0.717, 1.165) is 5.69 Å². The Hall–Kier alpha value is -3.48. The molecule has 4 aromatic rings. The number of rotatable bonds is 5. The molecule has 2 aromatic carbocycles. The number of aromatic nitrogens is 4. The lowest BCUT2D eigenvalue weighted by Crippen LogP contribution is -2.27. The van der Waals surface area contributed by atoms with E-state index < -0.39 is 10.0 Å². The Kier molecular flexibility index (Phi) is 5.27. The number of nitrogens with two attached hydrogens (primary N) is 1. The number of para-hydroxylation sites is 1. The maximum absolute atomic E-state index is 13.2. The van der Waals surface area contributed by atoms with Gasteiger partial charge >= 0.3 is 0 Å². The number of nitrogens with one attached hydrogen (secondary N) is 1. The fourth-order valence-electron chi connectivity index (χ4n) is 3.69. The summed E-state index contributed by atoms with van der Waals surface area (Å²) in [5.41, 5.74) is 1.47. The van der Waals surface area contributed by atoms with Gasteiger partial charge in [-0.25, -0.2) is 23.2 Å². The van der Waals surface area contributed by atoms with E-state index in [2.05, 4.69) is 15.4 Å². The molecule has 0 bridgehead atoms. The Balaban J connectivity index is 1.38. The van der Waals surface area contributed by atoms with E-state index in [1.54, 1.807) is 9.25 Å². The number of hydrogen-bond donors (Lipinski definition) is 2. The van der Waals surface area contributed by atoms with Gasteiger partial charge in [-0.1, -0.05) is 30.0 Å². The summed E-state index contributed by atoms with van der Waals surface area (Å²) < 4.78 is 25.9. The van der Waals surface area contributed by atoms with Crippen LogP contribution in [0.25, 0.3) is 16.7 Å². The van der Waals surface area contributed by atoms with Gasteiger partial charge in [0.25, 0.3) is 5.56 Å². The fraction of sp³-hybridized carbons (Fsp3) is 0.143. The third-order valence-electron chi connectivity index (χ3n) is 5.26. The summed E-state index contributed by atoms with van der Waals surface area (Å²) in [4.78, 5) is 30.4. The van der Waals surface area contributed by atoms with Crippen LogP contribution in [0.5, 0.6) is 0 Å². The van der Waals surface area contributed by atoms with Gasteiger partial charge in [0.1, 0.15) is 5.39 Å². The predicted octanol–water partition coefficient (Wildman–Crippen LogP) is 1.91. The van der Waals surface area contributed by atoms with Crippen LogP contribution in [0, 0.1) is 0 Å². The quantitative estimate of drug-likeness (QED) is 0.414. The maximum atomic E-state index is 13.2. The molecule has 1 aliphatic heterocycles. The molecule has 3 heterocycles. The van der Waals surface area contributed by atoms with Gasteiger partial charge in [0.15, 0.2) is 10.8 Å². The highest BCUT2D eigenvalue weighted by molar-refractivity contribution is 7.99. The van der Waals surface area contributed by atoms with Gasteiger partial charge in [0, 0.05) is 17.9 Å². The Labute approximate surface area is 192 Å². The third-order valence-corrected chi connectivity index (χ3v) is 7.29. The Bertz CT molecular complexity index is 1530. The molecule has 0 saturated heterocycles. The van der Waals surface area contributed by atoms with Gasteiger partial charge in [-0.15, -0.1) is 0 Å². The van der Waals surface area contributed by atoms with Crippen molar-refractivity contribution in [3.8, 4) is 5.69 Å². The van der Waals surface area contributed by atoms with E-state index in [4.69, 9.17) is 5.14 Å². The number of carbonyl (C=O) groups excluding carboxylic acids is 1. The summed E-state index contributed by atoms with van der Waals surface area (Å²) in [7, 11) is -3.81. The number of benzene rings is 2. The van der Waals surface area contributed by atoms with E-state index in [9.17, 15) is 18.0 Å². The van der Waals surface area contributed by atoms with Crippen molar-refractivity contribution in [2.75, 3.05) is 11.1 Å². The first-order valence-corrected chi connectivity index (χ1v) is 12.5. The van der Waals surface area contributed by atoms with Crippen LogP contribution in [0.15, 0.2) is 75.6 Å². The number of nitrogens with zero attached hydrogens (tertiary/aromatic N) is 4. The summed E-state index contributed by atoms with van der Waals surface area (Å²) >= 11 is 1.42. The molecule has 0 saturated carbocycles. The van der Waals surface area contributed by atoms with Gasteiger partial charge in [-0.05, 0) is 36.4 Å². The van der Waals surface area contributed by atoms with Crippen molar-refractivity contribution in [2.45, 2.75) is 22.5 Å². The minimum atomic E-state index is -3.81. The Morgan fingerprint density at radius 3 is 2.58 bits per heavy atom. The van der Waals surface area contributed by atoms with Gasteiger partial charge in [-0.2, -0.15) is 5.10 Å². The normalized spacial score (nSPS) is 15.5. The molecule has 0 spiro atoms. The minimum absolute atomic E-state index is 0.0423. The van der Waals surface area contributed by atoms with E-state index in [1.807, 2.05) is 30.3 Å². The molecule has 1 unspecified atom stereocenters. The van der Waals surface area contributed by atoms with E-state index in [1.165, 1.54) is 42.2 Å². The molecular formula is C21H18N6O4S2. The first-order chi connectivity index (χ1) is 15.8. The van der Waals surface area contributed by atoms with Gasteiger partial charge in [-0.3, -0.25) is 14.2 Å². The molecule has 3 N–H and O–H groups in total. The SMILES string of the molecule is NS(=O)(=O)c1ccc(NC(=O)CC2CSc3nc4c(cnn4-c4ccccc4)c(=O)n32)cc1. The van der Waals surface area contributed by atoms with Crippen molar-refractivity contribution in [1.29, 1.82) is 0 Å². The van der Waals surface area contributed by atoms with Crippen LogP contribution >= 0.6 is 11.8 Å². The number of primary sulfonamides is 1. The lowest BCUT2D eigenvalue weighted by atomic mass is 10.2. The first-order valence-electron chi connectivity index (χ1n) is 9.92. The number of fused-ring (bicyclic) bond motifs is 2. The molecule has 1 aliphatic rings. The van der Waals surface area contributed by atoms with Crippen LogP contribution in [-0.4, -0.2) is 39.4 Å². The van der Waals surface area contributed by atoms with Crippen molar-refractivity contribution in [1.82, 2.24) is 19.3 Å². The maximum Gasteiger partial charge on any atom is 0.265 e. The van der Waals surface area contributed by atoms with E-state index >= 15 is 0 Å². The zero-order valence-electron chi connectivity index (χ0n) is 17.1. The van der Waals surface area contributed by atoms with Gasteiger partial charge in [0.05, 0.1) is 22.8 Å². The topological polar surface area (TPSA) is 142 Å². The molecule has 10 nitrogen and oxygen atoms in total. The van der Waals surface area contributed by atoms with E-state index in [-0.39, 0.29) is 28.8 Å². The van der Waals surface area contributed by atoms with Crippen molar-refractivity contribution >= 4 is 44.4 Å². The lowest BCUT2D eigenvalue weighted by Gasteiger charge is -2.13. The number of anilines is 1. The summed E-state index contributed by atoms with van der Waals surface area (Å²) in [5.74, 6) is 0.231. The zero-order chi connectivity index (χ0) is 23.2. The molecule has 1 atom stereocenters. The molecule has 1 amide bonds. The second-order valence-corrected chi connectivity index (χ2v) is 10.0. The second-order valence-electron chi connectivity index (χ2n) is 7.49. The molecule has 0 aliphatic carbocycles. The van der Waals surface area contributed by atoms with Crippen molar-refractivity contribution in [3.63, 3.8) is 0 Å². The third kappa shape index (κ3) is 4.03. The minimum Gasteiger partial charge on any atom is -0.326 e. The van der Waals surface area contributed by atoms with Gasteiger partial charge in [0.2, 0.25) is 15.9 Å². The largest absolute Gasteiger partial charge is 0.326 e. The first kappa shape index (κ1) is 21.4. The lowest BCUT2D eigenvalue weighted by molar-refractivity contribution is -0.116. The van der Waals surface area contributed by atoms with Crippen LogP contribution in [-0.2, 0) is 14.8 Å². The number of hydrogen-bond acceptors (Lipinski definition) is 7. The Morgan fingerprint density at radius 1 is 1.15 bits per heavy atom. The van der Waals surface area contributed by atoms with Crippen molar-refractivity contribution in [3.05, 3.63) is 71.1 Å². The predicted molar refractivity (Wildman–Crippen MR) is 124 cm³/mol. The monoisotopic (exact) mass is 482 g/mol. The average Bonchev–Trinajstić information content (AvgIpc) is 3.39. The summed E-state index contributed by atoms with van der Waals surface area (Å²) in [5, 5.41) is 13.1. The average molecular weight is 483 g/mol. The highest BCUT2D eigenvalue weighted by Gasteiger charge is 2.29. The molecule has 2 aromatic heterocycles. The van der Waals surface area contributed by atoms with Crippen molar-refractivity contribution < 1.29 is 13.2 Å².